The minimum absolute atomic E-state index is 0.125. The zero-order chi connectivity index (χ0) is 17.6. The van der Waals surface area contributed by atoms with Gasteiger partial charge in [0.05, 0.1) is 7.11 Å². The molecule has 0 atom stereocenters. The van der Waals surface area contributed by atoms with E-state index in [4.69, 9.17) is 20.7 Å². The van der Waals surface area contributed by atoms with E-state index in [1.807, 2.05) is 24.3 Å². The molecule has 4 nitrogen and oxygen atoms in total. The van der Waals surface area contributed by atoms with Gasteiger partial charge >= 0.3 is 0 Å². The monoisotopic (exact) mass is 356 g/mol. The highest BCUT2D eigenvalue weighted by atomic mass is 32.2. The van der Waals surface area contributed by atoms with E-state index >= 15 is 0 Å². The van der Waals surface area contributed by atoms with Crippen LogP contribution in [0.3, 0.4) is 0 Å². The van der Waals surface area contributed by atoms with Gasteiger partial charge in [-0.2, -0.15) is 12.0 Å². The fourth-order valence-electron chi connectivity index (χ4n) is 2.89. The summed E-state index contributed by atoms with van der Waals surface area (Å²) in [6, 6.07) is 24.6. The van der Waals surface area contributed by atoms with Gasteiger partial charge in [0.1, 0.15) is 0 Å². The Morgan fingerprint density at radius 1 is 0.680 bits per heavy atom. The highest BCUT2D eigenvalue weighted by molar-refractivity contribution is 7.94. The minimum atomic E-state index is -0.844. The van der Waals surface area contributed by atoms with Gasteiger partial charge in [-0.1, -0.05) is 36.4 Å². The first-order valence-electron chi connectivity index (χ1n) is 8.12. The molecular weight excluding hydrogens is 332 g/mol. The van der Waals surface area contributed by atoms with E-state index in [2.05, 4.69) is 48.5 Å². The van der Waals surface area contributed by atoms with Gasteiger partial charge in [0.25, 0.3) is 0 Å². The van der Waals surface area contributed by atoms with Gasteiger partial charge in [-0.15, -0.1) is 0 Å². The van der Waals surface area contributed by atoms with E-state index in [0.29, 0.717) is 0 Å². The molecule has 0 spiro atoms. The van der Waals surface area contributed by atoms with Crippen molar-refractivity contribution in [2.24, 2.45) is 0 Å². The molecule has 132 valence electrons. The fraction of sp³-hybridized carbons (Fsp3) is 0.100. The highest BCUT2D eigenvalue weighted by Gasteiger charge is 2.16. The number of hydrogen-bond acceptors (Lipinski definition) is 4. The smallest absolute Gasteiger partial charge is 0.0723 e. The van der Waals surface area contributed by atoms with Gasteiger partial charge in [0.15, 0.2) is 0 Å². The van der Waals surface area contributed by atoms with Crippen molar-refractivity contribution in [1.82, 2.24) is 0 Å². The Labute approximate surface area is 151 Å². The summed E-state index contributed by atoms with van der Waals surface area (Å²) in [5.41, 5.74) is 16.8. The Morgan fingerprint density at radius 2 is 1.08 bits per heavy atom. The Morgan fingerprint density at radius 3 is 1.48 bits per heavy atom. The first kappa shape index (κ1) is 17.4. The molecule has 5 heteroatoms. The Balaban J connectivity index is 1.98. The Bertz CT molecular complexity index is 757. The standard InChI is InChI=1S/C20H24N2O2S/c1-23-24-25-19-12-6-16(7-13-19)20(14-2-8-17(21)9-3-14)15-4-10-18(22)11-5-15/h2-13,20H,21-22H2,1H3,25H4. The quantitative estimate of drug-likeness (QED) is 0.307. The van der Waals surface area contributed by atoms with Crippen LogP contribution in [-0.4, -0.2) is 7.11 Å². The second-order valence-corrected chi connectivity index (χ2v) is 7.28. The maximum Gasteiger partial charge on any atom is 0.0723 e. The van der Waals surface area contributed by atoms with Crippen LogP contribution in [0.15, 0.2) is 77.7 Å². The van der Waals surface area contributed by atoms with Crippen molar-refractivity contribution in [1.29, 1.82) is 0 Å². The summed E-state index contributed by atoms with van der Waals surface area (Å²) in [4.78, 5) is 5.92. The largest absolute Gasteiger partial charge is 0.399 e. The molecule has 0 saturated heterocycles. The molecule has 0 fully saturated rings. The van der Waals surface area contributed by atoms with Gasteiger partial charge in [-0.3, -0.25) is 0 Å². The van der Waals surface area contributed by atoms with Crippen LogP contribution >= 0.6 is 12.0 Å². The van der Waals surface area contributed by atoms with Crippen molar-refractivity contribution in [3.05, 3.63) is 89.5 Å². The molecule has 0 heterocycles. The van der Waals surface area contributed by atoms with E-state index in [9.17, 15) is 0 Å². The van der Waals surface area contributed by atoms with E-state index in [-0.39, 0.29) is 5.92 Å². The molecule has 0 saturated carbocycles. The number of rotatable bonds is 6. The summed E-state index contributed by atoms with van der Waals surface area (Å²) in [5.74, 6) is 0.125. The summed E-state index contributed by atoms with van der Waals surface area (Å²) in [5, 5.41) is 0. The molecule has 0 bridgehead atoms. The van der Waals surface area contributed by atoms with Gasteiger partial charge in [-0.05, 0) is 58.0 Å². The normalized spacial score (nSPS) is 11.1. The maximum atomic E-state index is 5.85. The minimum Gasteiger partial charge on any atom is -0.399 e. The summed E-state index contributed by atoms with van der Waals surface area (Å²) in [6.45, 7) is 0. The van der Waals surface area contributed by atoms with Crippen molar-refractivity contribution < 1.29 is 9.22 Å². The van der Waals surface area contributed by atoms with E-state index in [0.717, 1.165) is 11.4 Å². The predicted octanol–water partition coefficient (Wildman–Crippen LogP) is 3.55. The Hall–Kier alpha value is -2.47. The van der Waals surface area contributed by atoms with Crippen molar-refractivity contribution in [3.8, 4) is 0 Å². The number of anilines is 2. The summed E-state index contributed by atoms with van der Waals surface area (Å²) >= 11 is -0.844. The Kier molecular flexibility index (Phi) is 5.60. The summed E-state index contributed by atoms with van der Waals surface area (Å²) in [6.07, 6.45) is 0. The van der Waals surface area contributed by atoms with Crippen molar-refractivity contribution in [3.63, 3.8) is 0 Å². The highest BCUT2D eigenvalue weighted by Crippen LogP contribution is 2.34. The first-order valence-corrected chi connectivity index (χ1v) is 9.41. The second kappa shape index (κ2) is 8.07. The lowest BCUT2D eigenvalue weighted by atomic mass is 9.85. The lowest BCUT2D eigenvalue weighted by Crippen LogP contribution is -2.04. The molecule has 0 aliphatic rings. The molecule has 3 aromatic carbocycles. The zero-order valence-electron chi connectivity index (χ0n) is 14.2. The van der Waals surface area contributed by atoms with Crippen LogP contribution in [0.2, 0.25) is 0 Å². The van der Waals surface area contributed by atoms with E-state index in [1.165, 1.54) is 21.6 Å². The first-order chi connectivity index (χ1) is 12.2. The average molecular weight is 356 g/mol. The van der Waals surface area contributed by atoms with Crippen LogP contribution in [-0.2, 0) is 9.22 Å². The van der Waals surface area contributed by atoms with Crippen molar-refractivity contribution >= 4 is 23.4 Å². The molecule has 4 N–H and O–H groups in total. The molecule has 0 unspecified atom stereocenters. The molecule has 3 rings (SSSR count). The van der Waals surface area contributed by atoms with Crippen molar-refractivity contribution in [2.75, 3.05) is 18.6 Å². The van der Waals surface area contributed by atoms with Gasteiger partial charge in [0, 0.05) is 17.3 Å². The van der Waals surface area contributed by atoms with E-state index in [1.54, 1.807) is 7.11 Å². The third-order valence-corrected chi connectivity index (χ3v) is 5.35. The second-order valence-electron chi connectivity index (χ2n) is 5.94. The zero-order valence-corrected chi connectivity index (χ0v) is 15.6. The number of hydrogen-bond donors (Lipinski definition) is 2. The van der Waals surface area contributed by atoms with Gasteiger partial charge in [-0.25, -0.2) is 9.22 Å². The van der Waals surface area contributed by atoms with Crippen LogP contribution in [0.25, 0.3) is 0 Å². The number of nitrogen functional groups attached to an aromatic ring is 2. The predicted molar refractivity (Wildman–Crippen MR) is 109 cm³/mol. The van der Waals surface area contributed by atoms with Crippen LogP contribution in [0, 0.1) is 0 Å². The van der Waals surface area contributed by atoms with Gasteiger partial charge in [0.2, 0.25) is 0 Å². The van der Waals surface area contributed by atoms with E-state index < -0.39 is 12.0 Å². The van der Waals surface area contributed by atoms with Crippen LogP contribution in [0.1, 0.15) is 22.6 Å². The molecular formula is C20H24N2O2S. The van der Waals surface area contributed by atoms with Crippen LogP contribution in [0.4, 0.5) is 11.4 Å². The maximum absolute atomic E-state index is 5.85. The fourth-order valence-corrected chi connectivity index (χ4v) is 3.57. The third kappa shape index (κ3) is 4.33. The molecule has 0 aliphatic carbocycles. The molecule has 3 aromatic rings. The number of nitrogens with two attached hydrogens (primary N) is 2. The third-order valence-electron chi connectivity index (χ3n) is 4.20. The van der Waals surface area contributed by atoms with Crippen LogP contribution in [0.5, 0.6) is 0 Å². The molecule has 0 aromatic heterocycles. The van der Waals surface area contributed by atoms with Crippen molar-refractivity contribution in [2.45, 2.75) is 10.8 Å². The molecule has 0 amide bonds. The van der Waals surface area contributed by atoms with Crippen LogP contribution < -0.4 is 11.5 Å². The summed E-state index contributed by atoms with van der Waals surface area (Å²) in [7, 11) is 1.54. The molecule has 0 radical (unpaired) electrons. The molecule has 25 heavy (non-hydrogen) atoms. The lowest BCUT2D eigenvalue weighted by molar-refractivity contribution is -0.160. The topological polar surface area (TPSA) is 70.5 Å². The van der Waals surface area contributed by atoms with Gasteiger partial charge < -0.3 is 11.5 Å². The summed E-state index contributed by atoms with van der Waals surface area (Å²) < 4.78 is 5.13. The lowest BCUT2D eigenvalue weighted by Gasteiger charge is -2.20. The average Bonchev–Trinajstić information content (AvgIpc) is 2.64. The number of benzene rings is 3. The molecule has 0 aliphatic heterocycles. The SMILES string of the molecule is COO[SH4]c1ccc(C(c2ccc(N)cc2)c2ccc(N)cc2)cc1.